The van der Waals surface area contributed by atoms with Gasteiger partial charge in [0.15, 0.2) is 11.5 Å². The third kappa shape index (κ3) is 6.35. The molecule has 3 aromatic carbocycles. The molecule has 10 heteroatoms. The number of carbonyl (C=O) groups excluding carboxylic acids is 1. The quantitative estimate of drug-likeness (QED) is 0.315. The summed E-state index contributed by atoms with van der Waals surface area (Å²) in [6, 6.07) is 16.4. The van der Waals surface area contributed by atoms with Gasteiger partial charge in [-0.2, -0.15) is 0 Å². The van der Waals surface area contributed by atoms with Crippen LogP contribution in [0.25, 0.3) is 0 Å². The van der Waals surface area contributed by atoms with Crippen LogP contribution in [0.4, 0.5) is 11.4 Å². The lowest BCUT2D eigenvalue weighted by molar-refractivity contribution is -0.385. The number of rotatable bonds is 10. The van der Waals surface area contributed by atoms with Crippen LogP contribution >= 0.6 is 0 Å². The average Bonchev–Trinajstić information content (AvgIpc) is 2.91. The molecule has 1 atom stereocenters. The van der Waals surface area contributed by atoms with E-state index in [0.29, 0.717) is 30.3 Å². The van der Waals surface area contributed by atoms with Gasteiger partial charge in [0.2, 0.25) is 0 Å². The molecule has 10 nitrogen and oxygen atoms in total. The van der Waals surface area contributed by atoms with Gasteiger partial charge in [-0.15, -0.1) is 0 Å². The molecule has 0 fully saturated rings. The largest absolute Gasteiger partial charge is 0.493 e. The zero-order valence-electron chi connectivity index (χ0n) is 20.7. The van der Waals surface area contributed by atoms with Crippen LogP contribution in [0, 0.1) is 10.1 Å². The van der Waals surface area contributed by atoms with Gasteiger partial charge in [0.1, 0.15) is 24.0 Å². The number of hydrogen-bond donors (Lipinski definition) is 2. The van der Waals surface area contributed by atoms with Crippen LogP contribution in [-0.4, -0.2) is 60.9 Å². The minimum atomic E-state index is -0.695. The monoisotopic (exact) mass is 507 g/mol. The highest BCUT2D eigenvalue weighted by Crippen LogP contribution is 2.33. The molecule has 0 saturated carbocycles. The first kappa shape index (κ1) is 25.9. The Hall–Kier alpha value is -4.15. The van der Waals surface area contributed by atoms with Crippen LogP contribution in [0.1, 0.15) is 21.5 Å². The summed E-state index contributed by atoms with van der Waals surface area (Å²) in [6.45, 7) is 2.07. The Morgan fingerprint density at radius 2 is 1.76 bits per heavy atom. The number of β-amino-alcohol motifs (C(OH)–C–C–N with tert-alkyl or cyclic N) is 1. The average molecular weight is 508 g/mol. The van der Waals surface area contributed by atoms with Crippen LogP contribution in [-0.2, 0) is 13.0 Å². The Labute approximate surface area is 214 Å². The summed E-state index contributed by atoms with van der Waals surface area (Å²) in [5, 5.41) is 24.3. The molecule has 2 N–H and O–H groups in total. The van der Waals surface area contributed by atoms with Gasteiger partial charge >= 0.3 is 0 Å². The number of para-hydroxylation sites is 1. The Morgan fingerprint density at radius 1 is 1.08 bits per heavy atom. The second kappa shape index (κ2) is 11.7. The van der Waals surface area contributed by atoms with E-state index in [4.69, 9.17) is 14.2 Å². The minimum Gasteiger partial charge on any atom is -0.493 e. The lowest BCUT2D eigenvalue weighted by atomic mass is 9.98. The van der Waals surface area contributed by atoms with E-state index in [1.807, 2.05) is 12.1 Å². The summed E-state index contributed by atoms with van der Waals surface area (Å²) in [5.41, 5.74) is 2.55. The number of methoxy groups -OCH3 is 2. The van der Waals surface area contributed by atoms with Crippen LogP contribution in [0.15, 0.2) is 60.7 Å². The van der Waals surface area contributed by atoms with Gasteiger partial charge in [0.25, 0.3) is 11.6 Å². The second-order valence-electron chi connectivity index (χ2n) is 8.68. The molecule has 0 bridgehead atoms. The highest BCUT2D eigenvalue weighted by molar-refractivity contribution is 6.07. The molecule has 194 valence electrons. The van der Waals surface area contributed by atoms with Crippen molar-refractivity contribution in [3.8, 4) is 17.2 Å². The highest BCUT2D eigenvalue weighted by Gasteiger charge is 2.22. The molecule has 0 radical (unpaired) electrons. The first-order chi connectivity index (χ1) is 17.9. The fraction of sp³-hybridized carbons (Fsp3) is 0.296. The standard InChI is InChI=1S/C27H29N3O7/c1-35-25-13-18-11-12-29(15-19(18)14-26(25)36-2)16-21(31)17-37-22-9-7-20(8-10-22)28-27(32)23-5-3-4-6-24(23)30(33)34/h3-10,13-14,21,31H,11-12,15-17H2,1-2H3,(H,28,32). The predicted molar refractivity (Wildman–Crippen MR) is 138 cm³/mol. The lowest BCUT2D eigenvalue weighted by Gasteiger charge is -2.31. The maximum atomic E-state index is 12.5. The number of nitro benzene ring substituents is 1. The molecular formula is C27H29N3O7. The number of benzene rings is 3. The normalized spacial score (nSPS) is 13.8. The zero-order valence-corrected chi connectivity index (χ0v) is 20.7. The Morgan fingerprint density at radius 3 is 2.43 bits per heavy atom. The number of ether oxygens (including phenoxy) is 3. The first-order valence-corrected chi connectivity index (χ1v) is 11.8. The highest BCUT2D eigenvalue weighted by atomic mass is 16.6. The minimum absolute atomic E-state index is 0.0196. The molecule has 1 aliphatic heterocycles. The Bertz CT molecular complexity index is 1260. The maximum Gasteiger partial charge on any atom is 0.282 e. The smallest absolute Gasteiger partial charge is 0.282 e. The van der Waals surface area contributed by atoms with Crippen molar-refractivity contribution in [2.45, 2.75) is 19.1 Å². The summed E-state index contributed by atoms with van der Waals surface area (Å²) in [6.07, 6.45) is 0.155. The zero-order chi connectivity index (χ0) is 26.4. The summed E-state index contributed by atoms with van der Waals surface area (Å²) in [7, 11) is 3.24. The van der Waals surface area contributed by atoms with Gasteiger partial charge in [-0.05, 0) is 60.0 Å². The number of carbonyl (C=O) groups is 1. The Kier molecular flexibility index (Phi) is 8.22. The van der Waals surface area contributed by atoms with Gasteiger partial charge in [0, 0.05) is 31.4 Å². The van der Waals surface area contributed by atoms with Crippen LogP contribution < -0.4 is 19.5 Å². The molecule has 0 aromatic heterocycles. The third-order valence-corrected chi connectivity index (χ3v) is 6.17. The van der Waals surface area contributed by atoms with Crippen molar-refractivity contribution in [2.75, 3.05) is 39.2 Å². The van der Waals surface area contributed by atoms with Crippen molar-refractivity contribution < 1.29 is 29.0 Å². The molecule has 37 heavy (non-hydrogen) atoms. The molecule has 3 aromatic rings. The number of aliphatic hydroxyl groups is 1. The molecule has 4 rings (SSSR count). The van der Waals surface area contributed by atoms with E-state index in [-0.39, 0.29) is 17.9 Å². The number of nitrogens with zero attached hydrogens (tertiary/aromatic N) is 2. The van der Waals surface area contributed by atoms with Crippen LogP contribution in [0.5, 0.6) is 17.2 Å². The summed E-state index contributed by atoms with van der Waals surface area (Å²) in [5.74, 6) is 1.36. The number of hydrogen-bond acceptors (Lipinski definition) is 8. The predicted octanol–water partition coefficient (Wildman–Crippen LogP) is 3.66. The topological polar surface area (TPSA) is 123 Å². The van der Waals surface area contributed by atoms with Crippen molar-refractivity contribution in [1.82, 2.24) is 4.90 Å². The van der Waals surface area contributed by atoms with Crippen LogP contribution in [0.3, 0.4) is 0 Å². The number of anilines is 1. The van der Waals surface area contributed by atoms with Crippen molar-refractivity contribution in [3.63, 3.8) is 0 Å². The molecule has 1 aliphatic rings. The van der Waals surface area contributed by atoms with E-state index in [1.54, 1.807) is 44.6 Å². The van der Waals surface area contributed by atoms with Crippen molar-refractivity contribution in [1.29, 1.82) is 0 Å². The van der Waals surface area contributed by atoms with E-state index in [0.717, 1.165) is 24.3 Å². The summed E-state index contributed by atoms with van der Waals surface area (Å²) < 4.78 is 16.5. The maximum absolute atomic E-state index is 12.5. The first-order valence-electron chi connectivity index (χ1n) is 11.8. The molecule has 0 aliphatic carbocycles. The number of nitro groups is 1. The molecular weight excluding hydrogens is 478 g/mol. The molecule has 0 spiro atoms. The van der Waals surface area contributed by atoms with Crippen molar-refractivity contribution in [2.24, 2.45) is 0 Å². The summed E-state index contributed by atoms with van der Waals surface area (Å²) >= 11 is 0. The van der Waals surface area contributed by atoms with Crippen molar-refractivity contribution in [3.05, 3.63) is 87.5 Å². The number of aliphatic hydroxyl groups excluding tert-OH is 1. The fourth-order valence-corrected chi connectivity index (χ4v) is 4.30. The number of nitrogens with one attached hydrogen (secondary N) is 1. The molecule has 0 saturated heterocycles. The lowest BCUT2D eigenvalue weighted by Crippen LogP contribution is -2.38. The van der Waals surface area contributed by atoms with Gasteiger partial charge in [-0.3, -0.25) is 19.8 Å². The molecule has 1 unspecified atom stereocenters. The van der Waals surface area contributed by atoms with Gasteiger partial charge in [-0.25, -0.2) is 0 Å². The molecule has 1 heterocycles. The van der Waals surface area contributed by atoms with Crippen LogP contribution in [0.2, 0.25) is 0 Å². The van der Waals surface area contributed by atoms with Gasteiger partial charge in [0.05, 0.1) is 19.1 Å². The van der Waals surface area contributed by atoms with E-state index in [1.165, 1.54) is 23.8 Å². The van der Waals surface area contributed by atoms with E-state index < -0.39 is 16.9 Å². The Balaban J connectivity index is 1.28. The van der Waals surface area contributed by atoms with Gasteiger partial charge in [-0.1, -0.05) is 12.1 Å². The SMILES string of the molecule is COc1cc2c(cc1OC)CN(CC(O)COc1ccc(NC(=O)c3ccccc3[N+](=O)[O-])cc1)CC2. The third-order valence-electron chi connectivity index (χ3n) is 6.17. The van der Waals surface area contributed by atoms with Crippen molar-refractivity contribution >= 4 is 17.3 Å². The van der Waals surface area contributed by atoms with E-state index >= 15 is 0 Å². The summed E-state index contributed by atoms with van der Waals surface area (Å²) in [4.78, 5) is 25.2. The number of fused-ring (bicyclic) bond motifs is 1. The fourth-order valence-electron chi connectivity index (χ4n) is 4.30. The van der Waals surface area contributed by atoms with Gasteiger partial charge < -0.3 is 24.6 Å². The number of amides is 1. The second-order valence-corrected chi connectivity index (χ2v) is 8.68. The van der Waals surface area contributed by atoms with E-state index in [2.05, 4.69) is 10.2 Å². The molecule has 1 amide bonds. The van der Waals surface area contributed by atoms with E-state index in [9.17, 15) is 20.0 Å².